The van der Waals surface area contributed by atoms with Crippen molar-refractivity contribution in [3.8, 4) is 17.5 Å². The lowest BCUT2D eigenvalue weighted by atomic mass is 10.1. The topological polar surface area (TPSA) is 122 Å². The largest absolute Gasteiger partial charge is 0.497 e. The van der Waals surface area contributed by atoms with Gasteiger partial charge in [0, 0.05) is 51.8 Å². The number of benzene rings is 2. The lowest BCUT2D eigenvalue weighted by Crippen LogP contribution is -2.47. The molecule has 0 amide bonds. The number of anilines is 3. The Hall–Kier alpha value is -4.28. The Labute approximate surface area is 222 Å². The molecular formula is C27H34N6O5. The maximum absolute atomic E-state index is 10.7. The van der Waals surface area contributed by atoms with Gasteiger partial charge in [0.1, 0.15) is 11.5 Å². The van der Waals surface area contributed by atoms with Gasteiger partial charge in [0.25, 0.3) is 0 Å². The van der Waals surface area contributed by atoms with Gasteiger partial charge in [-0.3, -0.25) is 4.79 Å². The average Bonchev–Trinajstić information content (AvgIpc) is 2.96. The van der Waals surface area contributed by atoms with Crippen molar-refractivity contribution in [1.82, 2.24) is 15.0 Å². The van der Waals surface area contributed by atoms with E-state index in [2.05, 4.69) is 42.2 Å². The Morgan fingerprint density at radius 1 is 0.895 bits per heavy atom. The summed E-state index contributed by atoms with van der Waals surface area (Å²) in [6.07, 6.45) is 1.27. The van der Waals surface area contributed by atoms with E-state index in [1.165, 1.54) is 0 Å². The number of hydrogen-bond donors (Lipinski definition) is 2. The summed E-state index contributed by atoms with van der Waals surface area (Å²) in [7, 11) is 3.44. The van der Waals surface area contributed by atoms with Gasteiger partial charge in [-0.05, 0) is 48.4 Å². The van der Waals surface area contributed by atoms with Crippen molar-refractivity contribution >= 4 is 23.6 Å². The van der Waals surface area contributed by atoms with E-state index in [1.54, 1.807) is 14.2 Å². The third-order valence-electron chi connectivity index (χ3n) is 6.17. The highest BCUT2D eigenvalue weighted by atomic mass is 16.5. The molecule has 1 aromatic heterocycles. The second kappa shape index (κ2) is 13.3. The lowest BCUT2D eigenvalue weighted by Gasteiger charge is -2.36. The van der Waals surface area contributed by atoms with Crippen LogP contribution in [-0.2, 0) is 11.2 Å². The van der Waals surface area contributed by atoms with E-state index in [-0.39, 0.29) is 12.4 Å². The average molecular weight is 523 g/mol. The van der Waals surface area contributed by atoms with Crippen LogP contribution in [0.4, 0.5) is 17.6 Å². The first-order valence-corrected chi connectivity index (χ1v) is 12.7. The van der Waals surface area contributed by atoms with Crippen molar-refractivity contribution in [3.63, 3.8) is 0 Å². The molecule has 11 heteroatoms. The van der Waals surface area contributed by atoms with Crippen LogP contribution in [0.25, 0.3) is 0 Å². The standard InChI is InChI=1S/C27H34N6O5/c1-28-25-29-26(33-16-14-32(15-17-33)21-7-11-22(36-2)12-8-21)31-27(30-25)38-19-3-18-37-23-9-4-20(5-10-23)6-13-24(34)35/h4-5,7-12H,3,6,13-19H2,1-2H3,(H,34,35)(H,28,29,30,31). The Balaban J connectivity index is 1.24. The van der Waals surface area contributed by atoms with Crippen LogP contribution in [0.1, 0.15) is 18.4 Å². The predicted octanol–water partition coefficient (Wildman–Crippen LogP) is 3.11. The van der Waals surface area contributed by atoms with Crippen molar-refractivity contribution in [2.45, 2.75) is 19.3 Å². The maximum Gasteiger partial charge on any atom is 0.323 e. The molecule has 0 unspecified atom stereocenters. The van der Waals surface area contributed by atoms with Gasteiger partial charge in [-0.2, -0.15) is 15.0 Å². The molecule has 0 aliphatic carbocycles. The number of methoxy groups -OCH3 is 1. The van der Waals surface area contributed by atoms with Crippen LogP contribution in [0.5, 0.6) is 17.5 Å². The number of aliphatic carboxylic acids is 1. The van der Waals surface area contributed by atoms with Gasteiger partial charge >= 0.3 is 12.0 Å². The molecule has 1 aliphatic rings. The molecule has 202 valence electrons. The molecule has 1 fully saturated rings. The first kappa shape index (κ1) is 26.8. The molecule has 0 bridgehead atoms. The smallest absolute Gasteiger partial charge is 0.323 e. The van der Waals surface area contributed by atoms with Gasteiger partial charge in [-0.1, -0.05) is 12.1 Å². The van der Waals surface area contributed by atoms with Gasteiger partial charge < -0.3 is 34.4 Å². The van der Waals surface area contributed by atoms with E-state index >= 15 is 0 Å². The monoisotopic (exact) mass is 522 g/mol. The Morgan fingerprint density at radius 3 is 2.21 bits per heavy atom. The molecule has 1 aliphatic heterocycles. The Morgan fingerprint density at radius 2 is 1.55 bits per heavy atom. The minimum Gasteiger partial charge on any atom is -0.497 e. The van der Waals surface area contributed by atoms with Crippen LogP contribution in [-0.4, -0.2) is 79.6 Å². The number of piperazine rings is 1. The molecule has 0 radical (unpaired) electrons. The number of nitrogens with zero attached hydrogens (tertiary/aromatic N) is 5. The fourth-order valence-electron chi connectivity index (χ4n) is 4.04. The molecule has 1 saturated heterocycles. The van der Waals surface area contributed by atoms with E-state index in [4.69, 9.17) is 19.3 Å². The Kier molecular flexibility index (Phi) is 9.38. The van der Waals surface area contributed by atoms with Crippen LogP contribution in [0.15, 0.2) is 48.5 Å². The third kappa shape index (κ3) is 7.61. The number of aryl methyl sites for hydroxylation is 1. The van der Waals surface area contributed by atoms with Crippen LogP contribution >= 0.6 is 0 Å². The molecule has 11 nitrogen and oxygen atoms in total. The fourth-order valence-corrected chi connectivity index (χ4v) is 4.04. The fraction of sp³-hybridized carbons (Fsp3) is 0.407. The first-order valence-electron chi connectivity index (χ1n) is 12.7. The van der Waals surface area contributed by atoms with Gasteiger partial charge in [0.2, 0.25) is 11.9 Å². The zero-order valence-corrected chi connectivity index (χ0v) is 21.8. The molecule has 2 N–H and O–H groups in total. The van der Waals surface area contributed by atoms with Crippen LogP contribution in [0, 0.1) is 0 Å². The van der Waals surface area contributed by atoms with E-state index in [1.807, 2.05) is 36.4 Å². The highest BCUT2D eigenvalue weighted by molar-refractivity contribution is 5.67. The second-order valence-corrected chi connectivity index (χ2v) is 8.75. The van der Waals surface area contributed by atoms with Crippen molar-refractivity contribution in [2.75, 3.05) is 68.7 Å². The first-order chi connectivity index (χ1) is 18.5. The van der Waals surface area contributed by atoms with Crippen molar-refractivity contribution in [1.29, 1.82) is 0 Å². The molecule has 4 rings (SSSR count). The van der Waals surface area contributed by atoms with Crippen molar-refractivity contribution < 1.29 is 24.1 Å². The van der Waals surface area contributed by atoms with Crippen molar-refractivity contribution in [2.24, 2.45) is 0 Å². The van der Waals surface area contributed by atoms with Gasteiger partial charge in [0.15, 0.2) is 0 Å². The Bertz CT molecular complexity index is 1170. The predicted molar refractivity (Wildman–Crippen MR) is 145 cm³/mol. The summed E-state index contributed by atoms with van der Waals surface area (Å²) in [5.74, 6) is 1.83. The minimum absolute atomic E-state index is 0.117. The summed E-state index contributed by atoms with van der Waals surface area (Å²) >= 11 is 0. The van der Waals surface area contributed by atoms with E-state index in [0.717, 1.165) is 48.9 Å². The normalized spacial score (nSPS) is 13.2. The summed E-state index contributed by atoms with van der Waals surface area (Å²) in [4.78, 5) is 28.6. The number of carbonyl (C=O) groups is 1. The number of aromatic nitrogens is 3. The third-order valence-corrected chi connectivity index (χ3v) is 6.17. The molecule has 38 heavy (non-hydrogen) atoms. The summed E-state index contributed by atoms with van der Waals surface area (Å²) in [5.41, 5.74) is 2.13. The maximum atomic E-state index is 10.7. The summed E-state index contributed by atoms with van der Waals surface area (Å²) in [5, 5.41) is 11.8. The summed E-state index contributed by atoms with van der Waals surface area (Å²) in [6, 6.07) is 15.8. The SMILES string of the molecule is CNc1nc(OCCCOc2ccc(CCC(=O)O)cc2)nc(N2CCN(c3ccc(OC)cc3)CC2)n1. The van der Waals surface area contributed by atoms with E-state index in [0.29, 0.717) is 38.0 Å². The summed E-state index contributed by atoms with van der Waals surface area (Å²) in [6.45, 7) is 4.12. The zero-order chi connectivity index (χ0) is 26.7. The van der Waals surface area contributed by atoms with Crippen LogP contribution in [0.3, 0.4) is 0 Å². The number of hydrogen-bond acceptors (Lipinski definition) is 10. The number of carboxylic acid groups (broad SMARTS) is 1. The second-order valence-electron chi connectivity index (χ2n) is 8.75. The molecule has 0 atom stereocenters. The van der Waals surface area contributed by atoms with Gasteiger partial charge in [-0.15, -0.1) is 0 Å². The van der Waals surface area contributed by atoms with Crippen LogP contribution < -0.4 is 29.3 Å². The number of ether oxygens (including phenoxy) is 3. The molecule has 0 spiro atoms. The number of rotatable bonds is 13. The van der Waals surface area contributed by atoms with Gasteiger partial charge in [0.05, 0.1) is 20.3 Å². The lowest BCUT2D eigenvalue weighted by molar-refractivity contribution is -0.136. The van der Waals surface area contributed by atoms with E-state index < -0.39 is 5.97 Å². The summed E-state index contributed by atoms with van der Waals surface area (Å²) < 4.78 is 16.8. The minimum atomic E-state index is -0.801. The van der Waals surface area contributed by atoms with Crippen LogP contribution in [0.2, 0.25) is 0 Å². The van der Waals surface area contributed by atoms with E-state index in [9.17, 15) is 4.79 Å². The molecule has 2 aromatic carbocycles. The van der Waals surface area contributed by atoms with Crippen molar-refractivity contribution in [3.05, 3.63) is 54.1 Å². The number of nitrogens with one attached hydrogen (secondary N) is 1. The molecular weight excluding hydrogens is 488 g/mol. The highest BCUT2D eigenvalue weighted by Crippen LogP contribution is 2.23. The van der Waals surface area contributed by atoms with Gasteiger partial charge in [-0.25, -0.2) is 0 Å². The quantitative estimate of drug-likeness (QED) is 0.322. The highest BCUT2D eigenvalue weighted by Gasteiger charge is 2.21. The molecule has 0 saturated carbocycles. The zero-order valence-electron chi connectivity index (χ0n) is 21.8. The molecule has 3 aromatic rings. The number of carboxylic acids is 1. The molecule has 2 heterocycles.